The lowest BCUT2D eigenvalue weighted by atomic mass is 10.1. The molecular formula is C18H23IN6O. The van der Waals surface area contributed by atoms with E-state index in [0.29, 0.717) is 24.9 Å². The summed E-state index contributed by atoms with van der Waals surface area (Å²) in [6.45, 7) is 3.24. The maximum Gasteiger partial charge on any atom is 0.226 e. The van der Waals surface area contributed by atoms with Crippen LogP contribution in [0.1, 0.15) is 16.8 Å². The topological polar surface area (TPSA) is 80.3 Å². The van der Waals surface area contributed by atoms with Crippen molar-refractivity contribution in [2.75, 3.05) is 7.05 Å². The standard InChI is InChI=1S/C18H22N6O.HI/c1-13-4-6-15(7-5-13)17-23-16(12-25-17)10-21-18(19-2)20-8-14-9-22-24(3)11-14;/h4-7,9,11-12H,8,10H2,1-3H3,(H2,19,20,21);1H. The molecular weight excluding hydrogens is 443 g/mol. The minimum atomic E-state index is 0. The smallest absolute Gasteiger partial charge is 0.226 e. The lowest BCUT2D eigenvalue weighted by molar-refractivity contribution is 0.572. The highest BCUT2D eigenvalue weighted by Crippen LogP contribution is 2.18. The van der Waals surface area contributed by atoms with E-state index in [0.717, 1.165) is 16.8 Å². The first-order valence-electron chi connectivity index (χ1n) is 8.07. The molecule has 0 amide bonds. The zero-order valence-electron chi connectivity index (χ0n) is 15.1. The van der Waals surface area contributed by atoms with Gasteiger partial charge < -0.3 is 15.1 Å². The van der Waals surface area contributed by atoms with Gasteiger partial charge in [0.2, 0.25) is 5.89 Å². The molecule has 0 fully saturated rings. The minimum Gasteiger partial charge on any atom is -0.444 e. The molecule has 3 rings (SSSR count). The van der Waals surface area contributed by atoms with Crippen molar-refractivity contribution in [2.24, 2.45) is 12.0 Å². The van der Waals surface area contributed by atoms with Crippen molar-refractivity contribution in [3.63, 3.8) is 0 Å². The summed E-state index contributed by atoms with van der Waals surface area (Å²) in [5.41, 5.74) is 4.09. The number of oxazole rings is 1. The third-order valence-corrected chi connectivity index (χ3v) is 3.73. The van der Waals surface area contributed by atoms with Gasteiger partial charge in [0.05, 0.1) is 18.4 Å². The normalized spacial score (nSPS) is 11.1. The number of aromatic nitrogens is 3. The van der Waals surface area contributed by atoms with Crippen LogP contribution >= 0.6 is 24.0 Å². The number of rotatable bonds is 5. The van der Waals surface area contributed by atoms with Crippen molar-refractivity contribution in [3.05, 3.63) is 59.7 Å². The number of hydrogen-bond acceptors (Lipinski definition) is 4. The van der Waals surface area contributed by atoms with E-state index in [1.807, 2.05) is 43.7 Å². The van der Waals surface area contributed by atoms with Crippen LogP contribution in [-0.4, -0.2) is 27.8 Å². The predicted molar refractivity (Wildman–Crippen MR) is 112 cm³/mol. The van der Waals surface area contributed by atoms with Gasteiger partial charge in [-0.2, -0.15) is 5.10 Å². The summed E-state index contributed by atoms with van der Waals surface area (Å²) < 4.78 is 7.34. The zero-order chi connectivity index (χ0) is 17.6. The number of guanidine groups is 1. The monoisotopic (exact) mass is 466 g/mol. The summed E-state index contributed by atoms with van der Waals surface area (Å²) >= 11 is 0. The van der Waals surface area contributed by atoms with Crippen LogP contribution in [0.5, 0.6) is 0 Å². The van der Waals surface area contributed by atoms with Gasteiger partial charge in [0.15, 0.2) is 5.96 Å². The molecule has 2 aromatic heterocycles. The molecule has 8 heteroatoms. The average molecular weight is 466 g/mol. The second-order valence-electron chi connectivity index (χ2n) is 5.81. The molecule has 0 radical (unpaired) electrons. The molecule has 0 bridgehead atoms. The van der Waals surface area contributed by atoms with Crippen molar-refractivity contribution >= 4 is 29.9 Å². The molecule has 0 aliphatic carbocycles. The zero-order valence-corrected chi connectivity index (χ0v) is 17.4. The summed E-state index contributed by atoms with van der Waals surface area (Å²) in [6.07, 6.45) is 5.45. The van der Waals surface area contributed by atoms with E-state index in [4.69, 9.17) is 4.42 Å². The summed E-state index contributed by atoms with van der Waals surface area (Å²) in [5.74, 6) is 1.32. The summed E-state index contributed by atoms with van der Waals surface area (Å²) in [7, 11) is 3.63. The Morgan fingerprint density at radius 1 is 1.19 bits per heavy atom. The quantitative estimate of drug-likeness (QED) is 0.344. The fourth-order valence-corrected chi connectivity index (χ4v) is 2.36. The van der Waals surface area contributed by atoms with Crippen LogP contribution in [0, 0.1) is 6.92 Å². The lowest BCUT2D eigenvalue weighted by Crippen LogP contribution is -2.36. The van der Waals surface area contributed by atoms with Crippen molar-refractivity contribution < 1.29 is 4.42 Å². The maximum atomic E-state index is 5.57. The minimum absolute atomic E-state index is 0. The van der Waals surface area contributed by atoms with Crippen LogP contribution in [-0.2, 0) is 20.1 Å². The summed E-state index contributed by atoms with van der Waals surface area (Å²) in [6, 6.07) is 8.10. The molecule has 0 aliphatic rings. The molecule has 1 aromatic carbocycles. The van der Waals surface area contributed by atoms with Crippen LogP contribution < -0.4 is 10.6 Å². The molecule has 0 saturated heterocycles. The van der Waals surface area contributed by atoms with Crippen LogP contribution in [0.2, 0.25) is 0 Å². The molecule has 0 atom stereocenters. The highest BCUT2D eigenvalue weighted by atomic mass is 127. The Morgan fingerprint density at radius 3 is 2.58 bits per heavy atom. The third-order valence-electron chi connectivity index (χ3n) is 3.73. The van der Waals surface area contributed by atoms with Gasteiger partial charge in [-0.3, -0.25) is 9.67 Å². The van der Waals surface area contributed by atoms with E-state index in [-0.39, 0.29) is 24.0 Å². The van der Waals surface area contributed by atoms with Crippen molar-refractivity contribution in [3.8, 4) is 11.5 Å². The summed E-state index contributed by atoms with van der Waals surface area (Å²) in [4.78, 5) is 8.72. The predicted octanol–water partition coefficient (Wildman–Crippen LogP) is 2.87. The first-order valence-corrected chi connectivity index (χ1v) is 8.07. The van der Waals surface area contributed by atoms with Gasteiger partial charge in [-0.25, -0.2) is 4.98 Å². The van der Waals surface area contributed by atoms with Gasteiger partial charge in [-0.1, -0.05) is 17.7 Å². The number of aliphatic imine (C=N–C) groups is 1. The van der Waals surface area contributed by atoms with E-state index in [9.17, 15) is 0 Å². The van der Waals surface area contributed by atoms with Crippen LogP contribution in [0.15, 0.2) is 52.3 Å². The fraction of sp³-hybridized carbons (Fsp3) is 0.278. The number of nitrogens with zero attached hydrogens (tertiary/aromatic N) is 4. The van der Waals surface area contributed by atoms with E-state index >= 15 is 0 Å². The van der Waals surface area contributed by atoms with Crippen LogP contribution in [0.25, 0.3) is 11.5 Å². The van der Waals surface area contributed by atoms with Crippen LogP contribution in [0.4, 0.5) is 0 Å². The third kappa shape index (κ3) is 5.32. The fourth-order valence-electron chi connectivity index (χ4n) is 2.36. The SMILES string of the molecule is CN=C(NCc1cnn(C)c1)NCc1coc(-c2ccc(C)cc2)n1.I. The second-order valence-corrected chi connectivity index (χ2v) is 5.81. The van der Waals surface area contributed by atoms with Crippen molar-refractivity contribution in [2.45, 2.75) is 20.0 Å². The molecule has 2 N–H and O–H groups in total. The lowest BCUT2D eigenvalue weighted by Gasteiger charge is -2.09. The Balaban J connectivity index is 0.00000243. The first kappa shape index (κ1) is 20.0. The van der Waals surface area contributed by atoms with Gasteiger partial charge in [0.25, 0.3) is 0 Å². The Labute approximate surface area is 169 Å². The Bertz CT molecular complexity index is 853. The largest absolute Gasteiger partial charge is 0.444 e. The number of nitrogens with one attached hydrogen (secondary N) is 2. The molecule has 7 nitrogen and oxygen atoms in total. The molecule has 3 aromatic rings. The van der Waals surface area contributed by atoms with E-state index in [2.05, 4.69) is 32.6 Å². The molecule has 26 heavy (non-hydrogen) atoms. The molecule has 0 saturated carbocycles. The number of aryl methyl sites for hydroxylation is 2. The first-order chi connectivity index (χ1) is 12.1. The second kappa shape index (κ2) is 9.37. The van der Waals surface area contributed by atoms with Gasteiger partial charge in [-0.15, -0.1) is 24.0 Å². The van der Waals surface area contributed by atoms with E-state index in [1.165, 1.54) is 5.56 Å². The maximum absolute atomic E-state index is 5.57. The van der Waals surface area contributed by atoms with E-state index < -0.39 is 0 Å². The van der Waals surface area contributed by atoms with Gasteiger partial charge in [0, 0.05) is 38.0 Å². The Kier molecular flexibility index (Phi) is 7.19. The number of halogens is 1. The Hall–Kier alpha value is -2.36. The highest BCUT2D eigenvalue weighted by molar-refractivity contribution is 14.0. The molecule has 0 spiro atoms. The van der Waals surface area contributed by atoms with Crippen LogP contribution in [0.3, 0.4) is 0 Å². The Morgan fingerprint density at radius 2 is 1.92 bits per heavy atom. The van der Waals surface area contributed by atoms with Crippen molar-refractivity contribution in [1.82, 2.24) is 25.4 Å². The number of benzene rings is 1. The van der Waals surface area contributed by atoms with E-state index in [1.54, 1.807) is 18.0 Å². The van der Waals surface area contributed by atoms with Gasteiger partial charge >= 0.3 is 0 Å². The molecule has 138 valence electrons. The van der Waals surface area contributed by atoms with Crippen molar-refractivity contribution in [1.29, 1.82) is 0 Å². The highest BCUT2D eigenvalue weighted by Gasteiger charge is 2.07. The molecule has 0 unspecified atom stereocenters. The summed E-state index contributed by atoms with van der Waals surface area (Å²) in [5, 5.41) is 10.6. The van der Waals surface area contributed by atoms with Gasteiger partial charge in [-0.05, 0) is 19.1 Å². The molecule has 0 aliphatic heterocycles. The number of hydrogen-bond donors (Lipinski definition) is 2. The van der Waals surface area contributed by atoms with Gasteiger partial charge in [0.1, 0.15) is 6.26 Å². The molecule has 2 heterocycles. The average Bonchev–Trinajstić information content (AvgIpc) is 3.25.